The highest BCUT2D eigenvalue weighted by Gasteiger charge is 2.47. The van der Waals surface area contributed by atoms with Crippen LogP contribution in [0.1, 0.15) is 30.9 Å². The molecule has 11 nitrogen and oxygen atoms in total. The fourth-order valence-electron chi connectivity index (χ4n) is 5.55. The zero-order valence-electron chi connectivity index (χ0n) is 23.8. The molecule has 0 bridgehead atoms. The summed E-state index contributed by atoms with van der Waals surface area (Å²) >= 11 is 6.23. The number of nitrogens with one attached hydrogen (secondary N) is 1. The van der Waals surface area contributed by atoms with Gasteiger partial charge in [0, 0.05) is 35.8 Å². The van der Waals surface area contributed by atoms with Crippen molar-refractivity contribution in [1.29, 1.82) is 5.26 Å². The Balaban J connectivity index is 1.14. The molecule has 0 spiro atoms. The third-order valence-electron chi connectivity index (χ3n) is 8.24. The standard InChI is InChI=1S/C30H29ClF2N8O3/c1-29(37-11-19-8-21(32)2-3-24(19)31)4-6-39(7-5-29)26-14-35-25(13-36-26)23-9-22(15-41-27(23)20(10-34)12-38-41)44-18-30(33)16-40(17-30)28(42)43/h2-3,8-9,12-15,37H,4-7,11,16-18H2,1H3,(H,42,43). The molecule has 0 aliphatic carbocycles. The lowest BCUT2D eigenvalue weighted by Crippen LogP contribution is -2.63. The molecule has 0 unspecified atom stereocenters. The van der Waals surface area contributed by atoms with Crippen molar-refractivity contribution in [3.63, 3.8) is 0 Å². The largest absolute Gasteiger partial charge is 0.488 e. The van der Waals surface area contributed by atoms with Crippen LogP contribution in [0, 0.1) is 17.1 Å². The van der Waals surface area contributed by atoms with Crippen molar-refractivity contribution in [2.75, 3.05) is 37.7 Å². The molecule has 2 N–H and O–H groups in total. The number of nitriles is 1. The fourth-order valence-corrected chi connectivity index (χ4v) is 5.73. The smallest absolute Gasteiger partial charge is 0.407 e. The number of amides is 1. The SMILES string of the molecule is CC1(NCc2cc(F)ccc2Cl)CCN(c2cnc(-c3cc(OCC4(F)CN(C(=O)O)C4)cn4ncc(C#N)c34)cn2)CC1. The average Bonchev–Trinajstić information content (AvgIpc) is 3.42. The Labute approximate surface area is 256 Å². The number of piperidine rings is 1. The summed E-state index contributed by atoms with van der Waals surface area (Å²) in [4.78, 5) is 23.4. The minimum absolute atomic E-state index is 0.162. The first-order chi connectivity index (χ1) is 21.0. The first-order valence-corrected chi connectivity index (χ1v) is 14.4. The topological polar surface area (TPSA) is 132 Å². The number of carbonyl (C=O) groups is 1. The molecule has 44 heavy (non-hydrogen) atoms. The van der Waals surface area contributed by atoms with Gasteiger partial charge in [0.1, 0.15) is 30.1 Å². The molecule has 14 heteroatoms. The highest BCUT2D eigenvalue weighted by molar-refractivity contribution is 6.31. The maximum absolute atomic E-state index is 14.9. The molecule has 0 atom stereocenters. The molecule has 1 amide bonds. The molecule has 2 aliphatic heterocycles. The molecule has 6 rings (SSSR count). The van der Waals surface area contributed by atoms with Crippen molar-refractivity contribution in [3.05, 3.63) is 71.0 Å². The van der Waals surface area contributed by atoms with Crippen molar-refractivity contribution in [2.24, 2.45) is 0 Å². The summed E-state index contributed by atoms with van der Waals surface area (Å²) in [6.45, 7) is 3.20. The molecular weight excluding hydrogens is 594 g/mol. The maximum atomic E-state index is 14.9. The lowest BCUT2D eigenvalue weighted by Gasteiger charge is -2.42. The number of rotatable bonds is 8. The number of benzene rings is 1. The number of alkyl halides is 1. The van der Waals surface area contributed by atoms with Gasteiger partial charge < -0.3 is 25.0 Å². The lowest BCUT2D eigenvalue weighted by atomic mass is 9.89. The second kappa shape index (κ2) is 11.5. The monoisotopic (exact) mass is 622 g/mol. The molecule has 3 aromatic heterocycles. The zero-order valence-corrected chi connectivity index (χ0v) is 24.6. The minimum Gasteiger partial charge on any atom is -0.488 e. The molecule has 2 aliphatic rings. The van der Waals surface area contributed by atoms with E-state index in [1.54, 1.807) is 30.7 Å². The number of fused-ring (bicyclic) bond motifs is 1. The number of nitrogens with zero attached hydrogens (tertiary/aromatic N) is 7. The average molecular weight is 623 g/mol. The Hall–Kier alpha value is -4.54. The van der Waals surface area contributed by atoms with Crippen LogP contribution in [0.4, 0.5) is 19.4 Å². The predicted molar refractivity (Wildman–Crippen MR) is 158 cm³/mol. The normalized spacial score (nSPS) is 17.2. The van der Waals surface area contributed by atoms with Crippen LogP contribution in [0.5, 0.6) is 5.75 Å². The highest BCUT2D eigenvalue weighted by atomic mass is 35.5. The summed E-state index contributed by atoms with van der Waals surface area (Å²) in [5.41, 5.74) is 0.626. The van der Waals surface area contributed by atoms with Crippen LogP contribution in [0.25, 0.3) is 16.8 Å². The Bertz CT molecular complexity index is 1750. The van der Waals surface area contributed by atoms with Crippen molar-refractivity contribution < 1.29 is 23.4 Å². The number of hydrogen-bond donors (Lipinski definition) is 2. The van der Waals surface area contributed by atoms with Crippen LogP contribution in [0.3, 0.4) is 0 Å². The van der Waals surface area contributed by atoms with Gasteiger partial charge in [0.05, 0.1) is 54.7 Å². The Kier molecular flexibility index (Phi) is 7.73. The summed E-state index contributed by atoms with van der Waals surface area (Å²) in [5, 5.41) is 27.0. The minimum atomic E-state index is -1.79. The Morgan fingerprint density at radius 3 is 2.66 bits per heavy atom. The number of hydrogen-bond acceptors (Lipinski definition) is 8. The van der Waals surface area contributed by atoms with E-state index in [1.807, 2.05) is 0 Å². The molecule has 0 saturated carbocycles. The summed E-state index contributed by atoms with van der Waals surface area (Å²) < 4.78 is 35.7. The van der Waals surface area contributed by atoms with Gasteiger partial charge in [0.15, 0.2) is 5.67 Å². The molecule has 0 radical (unpaired) electrons. The van der Waals surface area contributed by atoms with E-state index in [0.29, 0.717) is 45.5 Å². The number of halogens is 3. The van der Waals surface area contributed by atoms with Gasteiger partial charge in [-0.1, -0.05) is 11.6 Å². The molecular formula is C30H29ClF2N8O3. The van der Waals surface area contributed by atoms with E-state index < -0.39 is 11.8 Å². The second-order valence-electron chi connectivity index (χ2n) is 11.5. The molecule has 5 heterocycles. The van der Waals surface area contributed by atoms with Crippen LogP contribution >= 0.6 is 11.6 Å². The van der Waals surface area contributed by atoms with Crippen LogP contribution in [0.2, 0.25) is 5.02 Å². The van der Waals surface area contributed by atoms with Crippen molar-refractivity contribution >= 4 is 29.0 Å². The first-order valence-electron chi connectivity index (χ1n) is 14.0. The van der Waals surface area contributed by atoms with Crippen molar-refractivity contribution in [2.45, 2.75) is 37.5 Å². The van der Waals surface area contributed by atoms with Gasteiger partial charge in [-0.2, -0.15) is 10.4 Å². The highest BCUT2D eigenvalue weighted by Crippen LogP contribution is 2.33. The maximum Gasteiger partial charge on any atom is 0.407 e. The first kappa shape index (κ1) is 29.5. The van der Waals surface area contributed by atoms with E-state index in [0.717, 1.165) is 36.4 Å². The lowest BCUT2D eigenvalue weighted by molar-refractivity contribution is -0.0476. The fraction of sp³-hybridized carbons (Fsp3) is 0.367. The number of carboxylic acid groups (broad SMARTS) is 1. The molecule has 2 fully saturated rings. The quantitative estimate of drug-likeness (QED) is 0.287. The number of aromatic nitrogens is 4. The molecule has 1 aromatic carbocycles. The van der Waals surface area contributed by atoms with Gasteiger partial charge in [0.25, 0.3) is 0 Å². The third kappa shape index (κ3) is 5.95. The Morgan fingerprint density at radius 2 is 1.98 bits per heavy atom. The van der Waals surface area contributed by atoms with Gasteiger partial charge >= 0.3 is 6.09 Å². The van der Waals surface area contributed by atoms with Gasteiger partial charge in [0.2, 0.25) is 0 Å². The summed E-state index contributed by atoms with van der Waals surface area (Å²) in [6, 6.07) is 8.15. The van der Waals surface area contributed by atoms with Crippen LogP contribution in [0.15, 0.2) is 49.1 Å². The summed E-state index contributed by atoms with van der Waals surface area (Å²) in [7, 11) is 0. The number of pyridine rings is 1. The number of ether oxygens (including phenoxy) is 1. The van der Waals surface area contributed by atoms with E-state index in [1.165, 1.54) is 22.8 Å². The molecule has 2 saturated heterocycles. The van der Waals surface area contributed by atoms with Crippen LogP contribution in [-0.2, 0) is 6.54 Å². The Morgan fingerprint density at radius 1 is 1.20 bits per heavy atom. The van der Waals surface area contributed by atoms with Crippen molar-refractivity contribution in [1.82, 2.24) is 29.8 Å². The van der Waals surface area contributed by atoms with Gasteiger partial charge in [-0.15, -0.1) is 0 Å². The summed E-state index contributed by atoms with van der Waals surface area (Å²) in [5.74, 6) is 0.675. The van der Waals surface area contributed by atoms with Gasteiger partial charge in [-0.25, -0.2) is 23.1 Å². The second-order valence-corrected chi connectivity index (χ2v) is 11.9. The van der Waals surface area contributed by atoms with E-state index in [4.69, 9.17) is 21.4 Å². The van der Waals surface area contributed by atoms with E-state index >= 15 is 0 Å². The van der Waals surface area contributed by atoms with E-state index in [-0.39, 0.29) is 31.1 Å². The van der Waals surface area contributed by atoms with Gasteiger partial charge in [-0.3, -0.25) is 4.98 Å². The predicted octanol–water partition coefficient (Wildman–Crippen LogP) is 4.68. The third-order valence-corrected chi connectivity index (χ3v) is 8.61. The summed E-state index contributed by atoms with van der Waals surface area (Å²) in [6.07, 6.45) is 6.74. The van der Waals surface area contributed by atoms with E-state index in [9.17, 15) is 18.8 Å². The molecule has 228 valence electrons. The number of anilines is 1. The van der Waals surface area contributed by atoms with Crippen LogP contribution < -0.4 is 15.0 Å². The van der Waals surface area contributed by atoms with E-state index in [2.05, 4.69) is 38.3 Å². The molecule has 4 aromatic rings. The zero-order chi connectivity index (χ0) is 31.1. The number of likely N-dealkylation sites (tertiary alicyclic amines) is 1. The van der Waals surface area contributed by atoms with Crippen LogP contribution in [-0.4, -0.2) is 79.7 Å². The van der Waals surface area contributed by atoms with Gasteiger partial charge in [-0.05, 0) is 49.6 Å². The van der Waals surface area contributed by atoms with Crippen molar-refractivity contribution in [3.8, 4) is 23.1 Å².